The van der Waals surface area contributed by atoms with Crippen LogP contribution in [-0.2, 0) is 4.79 Å². The summed E-state index contributed by atoms with van der Waals surface area (Å²) >= 11 is 0. The summed E-state index contributed by atoms with van der Waals surface area (Å²) < 4.78 is 5.46. The Kier molecular flexibility index (Phi) is 4.82. The van der Waals surface area contributed by atoms with E-state index in [1.165, 1.54) is 11.6 Å². The lowest BCUT2D eigenvalue weighted by Gasteiger charge is -2.47. The van der Waals surface area contributed by atoms with E-state index in [0.29, 0.717) is 17.9 Å². The minimum atomic E-state index is -0.750. The summed E-state index contributed by atoms with van der Waals surface area (Å²) in [5.41, 5.74) is 3.56. The molecule has 1 aromatic heterocycles. The van der Waals surface area contributed by atoms with E-state index in [0.717, 1.165) is 36.0 Å². The van der Waals surface area contributed by atoms with Crippen LogP contribution in [0.3, 0.4) is 0 Å². The van der Waals surface area contributed by atoms with Crippen LogP contribution in [0, 0.1) is 6.92 Å². The van der Waals surface area contributed by atoms with Gasteiger partial charge in [0.1, 0.15) is 5.58 Å². The van der Waals surface area contributed by atoms with Crippen LogP contribution in [0.2, 0.25) is 0 Å². The van der Waals surface area contributed by atoms with Crippen molar-refractivity contribution in [2.45, 2.75) is 64.8 Å². The SMILES string of the molecule is Cc1cc(=O)oc2cc3c(cc12)C(C)CC(C)(C)N3CCCCC(=O)O. The third-order valence-electron chi connectivity index (χ3n) is 5.48. The Morgan fingerprint density at radius 3 is 2.73 bits per heavy atom. The molecule has 5 heteroatoms. The van der Waals surface area contributed by atoms with Crippen LogP contribution in [-0.4, -0.2) is 23.2 Å². The average molecular weight is 357 g/mol. The number of aliphatic carboxylic acids is 1. The van der Waals surface area contributed by atoms with Crippen molar-refractivity contribution in [2.24, 2.45) is 0 Å². The van der Waals surface area contributed by atoms with Crippen molar-refractivity contribution in [2.75, 3.05) is 11.4 Å². The van der Waals surface area contributed by atoms with E-state index in [-0.39, 0.29) is 17.6 Å². The second kappa shape index (κ2) is 6.78. The maximum Gasteiger partial charge on any atom is 0.336 e. The molecule has 0 amide bonds. The van der Waals surface area contributed by atoms with E-state index < -0.39 is 5.97 Å². The van der Waals surface area contributed by atoms with Crippen LogP contribution in [0.4, 0.5) is 5.69 Å². The molecule has 0 saturated heterocycles. The predicted molar refractivity (Wildman–Crippen MR) is 103 cm³/mol. The van der Waals surface area contributed by atoms with Crippen LogP contribution >= 0.6 is 0 Å². The second-order valence-corrected chi connectivity index (χ2v) is 8.08. The molecule has 1 aliphatic rings. The van der Waals surface area contributed by atoms with Gasteiger partial charge in [-0.05, 0) is 63.1 Å². The molecule has 0 fully saturated rings. The third-order valence-corrected chi connectivity index (χ3v) is 5.48. The number of carboxylic acid groups (broad SMARTS) is 1. The Bertz CT molecular complexity index is 897. The number of carboxylic acids is 1. The minimum absolute atomic E-state index is 0.0343. The van der Waals surface area contributed by atoms with Gasteiger partial charge in [0.15, 0.2) is 0 Å². The number of benzene rings is 1. The highest BCUT2D eigenvalue weighted by Crippen LogP contribution is 2.45. The maximum absolute atomic E-state index is 11.8. The molecule has 26 heavy (non-hydrogen) atoms. The summed E-state index contributed by atoms with van der Waals surface area (Å²) in [6.07, 6.45) is 2.71. The van der Waals surface area contributed by atoms with Gasteiger partial charge in [-0.2, -0.15) is 0 Å². The minimum Gasteiger partial charge on any atom is -0.481 e. The van der Waals surface area contributed by atoms with E-state index >= 15 is 0 Å². The maximum atomic E-state index is 11.8. The number of hydrogen-bond acceptors (Lipinski definition) is 4. The Balaban J connectivity index is 2.03. The van der Waals surface area contributed by atoms with Crippen LogP contribution in [0.25, 0.3) is 11.0 Å². The lowest BCUT2D eigenvalue weighted by atomic mass is 9.79. The van der Waals surface area contributed by atoms with Gasteiger partial charge in [-0.1, -0.05) is 6.92 Å². The standard InChI is InChI=1S/C21H27NO4/c1-13-9-20(25)26-18-11-17-15(10-16(13)18)14(2)12-21(3,4)22(17)8-6-5-7-19(23)24/h9-11,14H,5-8,12H2,1-4H3,(H,23,24). The van der Waals surface area contributed by atoms with Crippen LogP contribution in [0.15, 0.2) is 27.4 Å². The van der Waals surface area contributed by atoms with Crippen molar-refractivity contribution < 1.29 is 14.3 Å². The number of carbonyl (C=O) groups is 1. The molecule has 1 aliphatic heterocycles. The summed E-state index contributed by atoms with van der Waals surface area (Å²) in [6, 6.07) is 5.69. The van der Waals surface area contributed by atoms with Gasteiger partial charge >= 0.3 is 11.6 Å². The van der Waals surface area contributed by atoms with Crippen LogP contribution in [0.5, 0.6) is 0 Å². The van der Waals surface area contributed by atoms with Crippen molar-refractivity contribution in [3.63, 3.8) is 0 Å². The topological polar surface area (TPSA) is 70.8 Å². The lowest BCUT2D eigenvalue weighted by molar-refractivity contribution is -0.137. The molecule has 1 atom stereocenters. The Hall–Kier alpha value is -2.30. The Morgan fingerprint density at radius 1 is 1.31 bits per heavy atom. The molecule has 2 heterocycles. The fourth-order valence-electron chi connectivity index (χ4n) is 4.26. The largest absolute Gasteiger partial charge is 0.481 e. The summed E-state index contributed by atoms with van der Waals surface area (Å²) in [4.78, 5) is 24.9. The zero-order valence-electron chi connectivity index (χ0n) is 16.0. The average Bonchev–Trinajstić information content (AvgIpc) is 2.51. The molecule has 0 radical (unpaired) electrons. The smallest absolute Gasteiger partial charge is 0.336 e. The van der Waals surface area contributed by atoms with Crippen molar-refractivity contribution in [3.8, 4) is 0 Å². The molecule has 0 aliphatic carbocycles. The molecule has 1 aromatic carbocycles. The molecular weight excluding hydrogens is 330 g/mol. The molecule has 0 spiro atoms. The van der Waals surface area contributed by atoms with E-state index in [9.17, 15) is 9.59 Å². The Morgan fingerprint density at radius 2 is 2.04 bits per heavy atom. The van der Waals surface area contributed by atoms with Crippen molar-refractivity contribution in [1.29, 1.82) is 0 Å². The summed E-state index contributed by atoms with van der Waals surface area (Å²) in [7, 11) is 0. The second-order valence-electron chi connectivity index (χ2n) is 8.08. The number of fused-ring (bicyclic) bond motifs is 2. The monoisotopic (exact) mass is 357 g/mol. The number of rotatable bonds is 5. The van der Waals surface area contributed by atoms with Gasteiger partial charge in [0.25, 0.3) is 0 Å². The molecule has 3 rings (SSSR count). The molecule has 0 bridgehead atoms. The predicted octanol–water partition coefficient (Wildman–Crippen LogP) is 4.45. The van der Waals surface area contributed by atoms with E-state index in [1.54, 1.807) is 0 Å². The summed E-state index contributed by atoms with van der Waals surface area (Å²) in [5, 5.41) is 9.85. The first kappa shape index (κ1) is 18.5. The number of hydrogen-bond donors (Lipinski definition) is 1. The van der Waals surface area contributed by atoms with Gasteiger partial charge in [0.2, 0.25) is 0 Å². The Labute approximate surface area is 153 Å². The number of unbranched alkanes of at least 4 members (excludes halogenated alkanes) is 1. The molecule has 140 valence electrons. The number of anilines is 1. The first-order valence-electron chi connectivity index (χ1n) is 9.27. The van der Waals surface area contributed by atoms with Crippen molar-refractivity contribution in [3.05, 3.63) is 39.7 Å². The van der Waals surface area contributed by atoms with Crippen LogP contribution < -0.4 is 10.5 Å². The van der Waals surface area contributed by atoms with Gasteiger partial charge in [-0.15, -0.1) is 0 Å². The zero-order valence-corrected chi connectivity index (χ0v) is 16.0. The van der Waals surface area contributed by atoms with Gasteiger partial charge in [-0.25, -0.2) is 4.79 Å². The van der Waals surface area contributed by atoms with E-state index in [1.807, 2.05) is 13.0 Å². The fraction of sp³-hybridized carbons (Fsp3) is 0.524. The highest BCUT2D eigenvalue weighted by molar-refractivity contribution is 5.86. The van der Waals surface area contributed by atoms with E-state index in [4.69, 9.17) is 9.52 Å². The quantitative estimate of drug-likeness (QED) is 0.632. The van der Waals surface area contributed by atoms with Gasteiger partial charge in [0.05, 0.1) is 0 Å². The lowest BCUT2D eigenvalue weighted by Crippen LogP contribution is -2.48. The zero-order chi connectivity index (χ0) is 19.1. The summed E-state index contributed by atoms with van der Waals surface area (Å²) in [5.74, 6) is -0.342. The number of nitrogens with zero attached hydrogens (tertiary/aromatic N) is 1. The molecule has 5 nitrogen and oxygen atoms in total. The highest BCUT2D eigenvalue weighted by atomic mass is 16.4. The fourth-order valence-corrected chi connectivity index (χ4v) is 4.26. The van der Waals surface area contributed by atoms with Crippen molar-refractivity contribution >= 4 is 22.6 Å². The normalized spacial score (nSPS) is 18.8. The number of aryl methyl sites for hydroxylation is 1. The summed E-state index contributed by atoms with van der Waals surface area (Å²) in [6.45, 7) is 9.41. The molecular formula is C21H27NO4. The molecule has 1 N–H and O–H groups in total. The molecule has 2 aromatic rings. The van der Waals surface area contributed by atoms with E-state index in [2.05, 4.69) is 31.7 Å². The van der Waals surface area contributed by atoms with Gasteiger partial charge in [-0.3, -0.25) is 4.79 Å². The van der Waals surface area contributed by atoms with Gasteiger partial charge < -0.3 is 14.4 Å². The van der Waals surface area contributed by atoms with Crippen LogP contribution in [0.1, 0.15) is 63.5 Å². The third kappa shape index (κ3) is 3.48. The molecule has 0 saturated carbocycles. The first-order valence-corrected chi connectivity index (χ1v) is 9.27. The van der Waals surface area contributed by atoms with Gasteiger partial charge in [0, 0.05) is 41.7 Å². The molecule has 1 unspecified atom stereocenters. The highest BCUT2D eigenvalue weighted by Gasteiger charge is 2.36. The first-order chi connectivity index (χ1) is 12.2. The van der Waals surface area contributed by atoms with Crippen molar-refractivity contribution in [1.82, 2.24) is 0 Å².